The van der Waals surface area contributed by atoms with Crippen molar-refractivity contribution in [1.82, 2.24) is 4.98 Å². The van der Waals surface area contributed by atoms with Crippen LogP contribution in [0.5, 0.6) is 5.75 Å². The summed E-state index contributed by atoms with van der Waals surface area (Å²) in [6, 6.07) is 12.0. The summed E-state index contributed by atoms with van der Waals surface area (Å²) in [4.78, 5) is 4.29. The highest BCUT2D eigenvalue weighted by atomic mass is 16.5. The van der Waals surface area contributed by atoms with Crippen LogP contribution < -0.4 is 10.1 Å². The average Bonchev–Trinajstić information content (AvgIpc) is 2.37. The molecule has 0 aliphatic rings. The first-order valence-electron chi connectivity index (χ1n) is 6.16. The molecule has 0 bridgehead atoms. The zero-order valence-corrected chi connectivity index (χ0v) is 10.8. The summed E-state index contributed by atoms with van der Waals surface area (Å²) in [7, 11) is 0. The molecule has 0 spiro atoms. The Kier molecular flexibility index (Phi) is 4.18. The molecule has 1 aromatic heterocycles. The maximum absolute atomic E-state index is 5.72. The number of aromatic nitrogens is 1. The van der Waals surface area contributed by atoms with E-state index in [0.29, 0.717) is 6.61 Å². The fourth-order valence-electron chi connectivity index (χ4n) is 1.73. The molecule has 0 aliphatic carbocycles. The summed E-state index contributed by atoms with van der Waals surface area (Å²) in [6.45, 7) is 5.52. The SMILES string of the molecule is CCNc1ccnc(COc2cccc(C)c2)c1. The van der Waals surface area contributed by atoms with Gasteiger partial charge in [-0.1, -0.05) is 12.1 Å². The van der Waals surface area contributed by atoms with Crippen LogP contribution in [0, 0.1) is 6.92 Å². The molecule has 0 fully saturated rings. The number of aryl methyl sites for hydroxylation is 1. The predicted octanol–water partition coefficient (Wildman–Crippen LogP) is 3.40. The van der Waals surface area contributed by atoms with Gasteiger partial charge in [0.2, 0.25) is 0 Å². The highest BCUT2D eigenvalue weighted by Crippen LogP contribution is 2.15. The molecule has 0 aliphatic heterocycles. The Labute approximate surface area is 108 Å². The minimum atomic E-state index is 0.489. The third-order valence-electron chi connectivity index (χ3n) is 2.57. The quantitative estimate of drug-likeness (QED) is 0.872. The molecule has 0 saturated heterocycles. The zero-order chi connectivity index (χ0) is 12.8. The second-order valence-corrected chi connectivity index (χ2v) is 4.17. The van der Waals surface area contributed by atoms with Gasteiger partial charge in [-0.05, 0) is 43.7 Å². The van der Waals surface area contributed by atoms with Crippen molar-refractivity contribution in [2.24, 2.45) is 0 Å². The Morgan fingerprint density at radius 1 is 1.22 bits per heavy atom. The lowest BCUT2D eigenvalue weighted by molar-refractivity contribution is 0.301. The first kappa shape index (κ1) is 12.4. The van der Waals surface area contributed by atoms with Gasteiger partial charge in [-0.15, -0.1) is 0 Å². The number of ether oxygens (including phenoxy) is 1. The lowest BCUT2D eigenvalue weighted by Crippen LogP contribution is -2.01. The first-order chi connectivity index (χ1) is 8.78. The molecular weight excluding hydrogens is 224 g/mol. The normalized spacial score (nSPS) is 10.1. The van der Waals surface area contributed by atoms with E-state index in [1.807, 2.05) is 30.3 Å². The van der Waals surface area contributed by atoms with E-state index >= 15 is 0 Å². The van der Waals surface area contributed by atoms with Gasteiger partial charge in [-0.3, -0.25) is 4.98 Å². The molecule has 1 N–H and O–H groups in total. The minimum Gasteiger partial charge on any atom is -0.487 e. The molecule has 0 amide bonds. The molecular formula is C15H18N2O. The third-order valence-corrected chi connectivity index (χ3v) is 2.57. The lowest BCUT2D eigenvalue weighted by atomic mass is 10.2. The third kappa shape index (κ3) is 3.48. The van der Waals surface area contributed by atoms with Gasteiger partial charge in [0.1, 0.15) is 12.4 Å². The molecule has 3 nitrogen and oxygen atoms in total. The van der Waals surface area contributed by atoms with Gasteiger partial charge in [0.05, 0.1) is 5.69 Å². The number of hydrogen-bond donors (Lipinski definition) is 1. The number of rotatable bonds is 5. The maximum Gasteiger partial charge on any atom is 0.130 e. The summed E-state index contributed by atoms with van der Waals surface area (Å²) in [6.07, 6.45) is 1.80. The molecule has 0 atom stereocenters. The summed E-state index contributed by atoms with van der Waals surface area (Å²) in [5, 5.41) is 3.26. The van der Waals surface area contributed by atoms with Crippen LogP contribution in [0.1, 0.15) is 18.2 Å². The molecule has 2 rings (SSSR count). The highest BCUT2D eigenvalue weighted by Gasteiger charge is 1.99. The van der Waals surface area contributed by atoms with Gasteiger partial charge >= 0.3 is 0 Å². The van der Waals surface area contributed by atoms with Crippen LogP contribution in [-0.2, 0) is 6.61 Å². The molecule has 1 heterocycles. The van der Waals surface area contributed by atoms with Crippen LogP contribution in [-0.4, -0.2) is 11.5 Å². The Morgan fingerprint density at radius 3 is 2.89 bits per heavy atom. The van der Waals surface area contributed by atoms with E-state index in [0.717, 1.165) is 23.7 Å². The smallest absolute Gasteiger partial charge is 0.130 e. The average molecular weight is 242 g/mol. The number of nitrogens with one attached hydrogen (secondary N) is 1. The van der Waals surface area contributed by atoms with E-state index in [-0.39, 0.29) is 0 Å². The Bertz CT molecular complexity index is 511. The number of benzene rings is 1. The molecule has 0 saturated carbocycles. The van der Waals surface area contributed by atoms with Crippen molar-refractivity contribution in [3.63, 3.8) is 0 Å². The fourth-order valence-corrected chi connectivity index (χ4v) is 1.73. The van der Waals surface area contributed by atoms with Crippen LogP contribution in [0.15, 0.2) is 42.6 Å². The first-order valence-corrected chi connectivity index (χ1v) is 6.16. The van der Waals surface area contributed by atoms with Gasteiger partial charge in [0.15, 0.2) is 0 Å². The van der Waals surface area contributed by atoms with Gasteiger partial charge in [-0.2, -0.15) is 0 Å². The van der Waals surface area contributed by atoms with Crippen LogP contribution >= 0.6 is 0 Å². The number of pyridine rings is 1. The molecule has 2 aromatic rings. The highest BCUT2D eigenvalue weighted by molar-refractivity contribution is 5.42. The van der Waals surface area contributed by atoms with Crippen molar-refractivity contribution in [1.29, 1.82) is 0 Å². The predicted molar refractivity (Wildman–Crippen MR) is 73.9 cm³/mol. The summed E-state index contributed by atoms with van der Waals surface area (Å²) < 4.78 is 5.72. The lowest BCUT2D eigenvalue weighted by Gasteiger charge is -2.08. The largest absolute Gasteiger partial charge is 0.487 e. The van der Waals surface area contributed by atoms with Gasteiger partial charge < -0.3 is 10.1 Å². The Hall–Kier alpha value is -2.03. The van der Waals surface area contributed by atoms with E-state index in [2.05, 4.69) is 30.2 Å². The van der Waals surface area contributed by atoms with Gasteiger partial charge in [0.25, 0.3) is 0 Å². The second kappa shape index (κ2) is 6.05. The Morgan fingerprint density at radius 2 is 2.11 bits per heavy atom. The minimum absolute atomic E-state index is 0.489. The number of nitrogens with zero attached hydrogens (tertiary/aromatic N) is 1. The molecule has 18 heavy (non-hydrogen) atoms. The summed E-state index contributed by atoms with van der Waals surface area (Å²) in [5.74, 6) is 0.880. The molecule has 0 radical (unpaired) electrons. The van der Waals surface area contributed by atoms with Crippen molar-refractivity contribution >= 4 is 5.69 Å². The van der Waals surface area contributed by atoms with E-state index in [1.165, 1.54) is 5.56 Å². The van der Waals surface area contributed by atoms with Crippen LogP contribution in [0.3, 0.4) is 0 Å². The van der Waals surface area contributed by atoms with Gasteiger partial charge in [-0.25, -0.2) is 0 Å². The summed E-state index contributed by atoms with van der Waals surface area (Å²) in [5.41, 5.74) is 3.20. The van der Waals surface area contributed by atoms with Crippen molar-refractivity contribution in [3.8, 4) is 5.75 Å². The van der Waals surface area contributed by atoms with Crippen molar-refractivity contribution in [3.05, 3.63) is 53.9 Å². The van der Waals surface area contributed by atoms with E-state index in [4.69, 9.17) is 4.74 Å². The van der Waals surface area contributed by atoms with E-state index in [1.54, 1.807) is 6.20 Å². The standard InChI is InChI=1S/C15H18N2O/c1-3-16-13-7-8-17-14(10-13)11-18-15-6-4-5-12(2)9-15/h4-10H,3,11H2,1-2H3,(H,16,17). The van der Waals surface area contributed by atoms with Crippen LogP contribution in [0.2, 0.25) is 0 Å². The monoisotopic (exact) mass is 242 g/mol. The van der Waals surface area contributed by atoms with Crippen molar-refractivity contribution in [2.45, 2.75) is 20.5 Å². The van der Waals surface area contributed by atoms with E-state index in [9.17, 15) is 0 Å². The molecule has 94 valence electrons. The number of anilines is 1. The van der Waals surface area contributed by atoms with Crippen LogP contribution in [0.4, 0.5) is 5.69 Å². The second-order valence-electron chi connectivity index (χ2n) is 4.17. The van der Waals surface area contributed by atoms with Crippen molar-refractivity contribution in [2.75, 3.05) is 11.9 Å². The topological polar surface area (TPSA) is 34.2 Å². The van der Waals surface area contributed by atoms with Gasteiger partial charge in [0, 0.05) is 18.4 Å². The molecule has 0 unspecified atom stereocenters. The fraction of sp³-hybridized carbons (Fsp3) is 0.267. The zero-order valence-electron chi connectivity index (χ0n) is 10.8. The Balaban J connectivity index is 1.99. The van der Waals surface area contributed by atoms with E-state index < -0.39 is 0 Å². The molecule has 3 heteroatoms. The van der Waals surface area contributed by atoms with Crippen molar-refractivity contribution < 1.29 is 4.74 Å². The number of hydrogen-bond acceptors (Lipinski definition) is 3. The maximum atomic E-state index is 5.72. The molecule has 1 aromatic carbocycles. The van der Waals surface area contributed by atoms with Crippen LogP contribution in [0.25, 0.3) is 0 Å². The summed E-state index contributed by atoms with van der Waals surface area (Å²) >= 11 is 0.